The number of halogens is 1. The highest BCUT2D eigenvalue weighted by Crippen LogP contribution is 2.37. The van der Waals surface area contributed by atoms with Gasteiger partial charge in [-0.25, -0.2) is 4.79 Å². The third-order valence-electron chi connectivity index (χ3n) is 6.23. The normalized spacial score (nSPS) is 16.0. The maximum atomic E-state index is 13.7. The van der Waals surface area contributed by atoms with Gasteiger partial charge in [0.2, 0.25) is 5.91 Å². The number of carbonyl (C=O) groups is 2. The van der Waals surface area contributed by atoms with E-state index in [9.17, 15) is 9.59 Å². The van der Waals surface area contributed by atoms with Crippen LogP contribution in [0.2, 0.25) is 0 Å². The molecule has 2 aliphatic heterocycles. The maximum Gasteiger partial charge on any atom is 0.411 e. The van der Waals surface area contributed by atoms with Gasteiger partial charge in [0, 0.05) is 38.4 Å². The lowest BCUT2D eigenvalue weighted by Gasteiger charge is -2.35. The summed E-state index contributed by atoms with van der Waals surface area (Å²) in [6.45, 7) is 6.46. The minimum Gasteiger partial charge on any atom is -0.450 e. The summed E-state index contributed by atoms with van der Waals surface area (Å²) in [6.07, 6.45) is 1.15. The van der Waals surface area contributed by atoms with Crippen molar-refractivity contribution in [2.45, 2.75) is 19.8 Å². The minimum absolute atomic E-state index is 0. The van der Waals surface area contributed by atoms with E-state index in [0.717, 1.165) is 61.5 Å². The first kappa shape index (κ1) is 26.0. The van der Waals surface area contributed by atoms with Crippen LogP contribution in [0.5, 0.6) is 0 Å². The average Bonchev–Trinajstić information content (AvgIpc) is 2.97. The number of fused-ring (bicyclic) bond motifs is 2. The number of aryl methyl sites for hydroxylation is 2. The highest BCUT2D eigenvalue weighted by Gasteiger charge is 2.28. The Morgan fingerprint density at radius 1 is 0.971 bits per heavy atom. The lowest BCUT2D eigenvalue weighted by Crippen LogP contribution is -2.50. The Kier molecular flexibility index (Phi) is 9.29. The molecule has 2 amide bonds. The number of rotatable bonds is 6. The van der Waals surface area contributed by atoms with Crippen LogP contribution in [0.15, 0.2) is 42.5 Å². The Hall–Kier alpha value is -2.65. The second kappa shape index (κ2) is 12.2. The molecule has 2 heterocycles. The molecule has 2 aromatic carbocycles. The van der Waals surface area contributed by atoms with E-state index >= 15 is 0 Å². The van der Waals surface area contributed by atoms with Crippen molar-refractivity contribution in [2.75, 3.05) is 62.7 Å². The van der Waals surface area contributed by atoms with Crippen molar-refractivity contribution in [3.8, 4) is 0 Å². The SMILES string of the molecule is CCOC(=O)Nc1ccc2c(c1)N(C(=O)CN1CCN(CCO)CC1)c1ccccc1CC2.Cl. The third-order valence-corrected chi connectivity index (χ3v) is 6.23. The zero-order valence-electron chi connectivity index (χ0n) is 19.5. The van der Waals surface area contributed by atoms with Crippen molar-refractivity contribution in [1.29, 1.82) is 0 Å². The van der Waals surface area contributed by atoms with E-state index in [2.05, 4.69) is 21.2 Å². The van der Waals surface area contributed by atoms with Crippen LogP contribution in [-0.4, -0.2) is 79.4 Å². The highest BCUT2D eigenvalue weighted by atomic mass is 35.5. The van der Waals surface area contributed by atoms with E-state index in [1.165, 1.54) is 0 Å². The number of piperazine rings is 1. The lowest BCUT2D eigenvalue weighted by molar-refractivity contribution is -0.119. The van der Waals surface area contributed by atoms with Crippen molar-refractivity contribution in [3.05, 3.63) is 53.6 Å². The van der Waals surface area contributed by atoms with Crippen LogP contribution in [0, 0.1) is 0 Å². The first-order valence-electron chi connectivity index (χ1n) is 11.6. The number of anilines is 3. The molecular weight excluding hydrogens is 456 g/mol. The van der Waals surface area contributed by atoms with Gasteiger partial charge in [0.05, 0.1) is 31.1 Å². The number of hydrogen-bond acceptors (Lipinski definition) is 6. The molecule has 2 aromatic rings. The maximum absolute atomic E-state index is 13.7. The number of carbonyl (C=O) groups excluding carboxylic acids is 2. The molecule has 8 nitrogen and oxygen atoms in total. The number of nitrogens with one attached hydrogen (secondary N) is 1. The molecule has 9 heteroatoms. The van der Waals surface area contributed by atoms with Gasteiger partial charge in [-0.05, 0) is 49.1 Å². The van der Waals surface area contributed by atoms with Crippen LogP contribution in [0.25, 0.3) is 0 Å². The Labute approximate surface area is 206 Å². The Bertz CT molecular complexity index is 995. The fourth-order valence-electron chi connectivity index (χ4n) is 4.53. The average molecular weight is 489 g/mol. The van der Waals surface area contributed by atoms with Crippen molar-refractivity contribution < 1.29 is 19.4 Å². The summed E-state index contributed by atoms with van der Waals surface area (Å²) in [7, 11) is 0. The van der Waals surface area contributed by atoms with E-state index in [1.54, 1.807) is 6.92 Å². The molecule has 0 spiro atoms. The Morgan fingerprint density at radius 2 is 1.65 bits per heavy atom. The van der Waals surface area contributed by atoms with E-state index in [1.807, 2.05) is 41.3 Å². The first-order valence-corrected chi connectivity index (χ1v) is 11.6. The minimum atomic E-state index is -0.509. The summed E-state index contributed by atoms with van der Waals surface area (Å²) >= 11 is 0. The molecule has 2 aliphatic rings. The largest absolute Gasteiger partial charge is 0.450 e. The van der Waals surface area contributed by atoms with Crippen LogP contribution in [0.3, 0.4) is 0 Å². The van der Waals surface area contributed by atoms with E-state index in [0.29, 0.717) is 25.4 Å². The van der Waals surface area contributed by atoms with Crippen molar-refractivity contribution >= 4 is 41.5 Å². The van der Waals surface area contributed by atoms with Gasteiger partial charge in [-0.2, -0.15) is 0 Å². The van der Waals surface area contributed by atoms with Crippen LogP contribution in [-0.2, 0) is 22.4 Å². The number of nitrogens with zero attached hydrogens (tertiary/aromatic N) is 3. The number of benzene rings is 2. The Morgan fingerprint density at radius 3 is 2.35 bits per heavy atom. The van der Waals surface area contributed by atoms with Gasteiger partial charge in [-0.15, -0.1) is 12.4 Å². The highest BCUT2D eigenvalue weighted by molar-refractivity contribution is 6.04. The molecule has 34 heavy (non-hydrogen) atoms. The van der Waals surface area contributed by atoms with Crippen molar-refractivity contribution in [2.24, 2.45) is 0 Å². The van der Waals surface area contributed by atoms with Gasteiger partial charge in [0.1, 0.15) is 0 Å². The lowest BCUT2D eigenvalue weighted by atomic mass is 10.0. The molecule has 4 rings (SSSR count). The molecule has 1 fully saturated rings. The van der Waals surface area contributed by atoms with Gasteiger partial charge in [-0.3, -0.25) is 24.8 Å². The summed E-state index contributed by atoms with van der Waals surface area (Å²) in [5.41, 5.74) is 4.50. The summed E-state index contributed by atoms with van der Waals surface area (Å²) in [6, 6.07) is 13.7. The molecule has 1 saturated heterocycles. The smallest absolute Gasteiger partial charge is 0.411 e. The monoisotopic (exact) mass is 488 g/mol. The quantitative estimate of drug-likeness (QED) is 0.650. The van der Waals surface area contributed by atoms with Crippen LogP contribution in [0.1, 0.15) is 18.1 Å². The van der Waals surface area contributed by atoms with Gasteiger partial charge in [-0.1, -0.05) is 24.3 Å². The van der Waals surface area contributed by atoms with Gasteiger partial charge >= 0.3 is 6.09 Å². The van der Waals surface area contributed by atoms with Gasteiger partial charge in [0.15, 0.2) is 0 Å². The van der Waals surface area contributed by atoms with Crippen LogP contribution < -0.4 is 10.2 Å². The molecular formula is C25H33ClN4O4. The molecule has 2 N–H and O–H groups in total. The first-order chi connectivity index (χ1) is 16.1. The molecule has 0 atom stereocenters. The molecule has 0 saturated carbocycles. The van der Waals surface area contributed by atoms with E-state index in [-0.39, 0.29) is 24.9 Å². The molecule has 184 valence electrons. The number of para-hydroxylation sites is 1. The second-order valence-corrected chi connectivity index (χ2v) is 8.39. The van der Waals surface area contributed by atoms with Crippen molar-refractivity contribution in [1.82, 2.24) is 9.80 Å². The summed E-state index contributed by atoms with van der Waals surface area (Å²) in [5, 5.41) is 11.9. The Balaban J connectivity index is 0.00000324. The standard InChI is InChI=1S/C25H32N4O4.ClH/c1-2-33-25(32)26-21-10-9-20-8-7-19-5-3-4-6-22(19)29(23(20)17-21)24(31)18-28-13-11-27(12-14-28)15-16-30;/h3-6,9-10,17,30H,2,7-8,11-16,18H2,1H3,(H,26,32);1H. The number of β-amino-alcohol motifs (C(OH)–C–C–N with tert-alkyl or cyclic N) is 1. The zero-order valence-corrected chi connectivity index (χ0v) is 20.4. The number of amides is 2. The summed E-state index contributed by atoms with van der Waals surface area (Å²) < 4.78 is 5.01. The van der Waals surface area contributed by atoms with Crippen LogP contribution in [0.4, 0.5) is 21.9 Å². The molecule has 0 aliphatic carbocycles. The summed E-state index contributed by atoms with van der Waals surface area (Å²) in [5.74, 6) is 0.00879. The van der Waals surface area contributed by atoms with Crippen molar-refractivity contribution in [3.63, 3.8) is 0 Å². The second-order valence-electron chi connectivity index (χ2n) is 8.39. The number of hydrogen-bond donors (Lipinski definition) is 2. The molecule has 0 unspecified atom stereocenters. The predicted molar refractivity (Wildman–Crippen MR) is 135 cm³/mol. The summed E-state index contributed by atoms with van der Waals surface area (Å²) in [4.78, 5) is 31.9. The topological polar surface area (TPSA) is 85.4 Å². The molecule has 0 radical (unpaired) electrons. The van der Waals surface area contributed by atoms with E-state index < -0.39 is 6.09 Å². The van der Waals surface area contributed by atoms with Gasteiger partial charge < -0.3 is 9.84 Å². The number of aliphatic hydroxyl groups is 1. The van der Waals surface area contributed by atoms with E-state index in [4.69, 9.17) is 9.84 Å². The number of aliphatic hydroxyl groups excluding tert-OH is 1. The fraction of sp³-hybridized carbons (Fsp3) is 0.440. The van der Waals surface area contributed by atoms with Crippen LogP contribution >= 0.6 is 12.4 Å². The predicted octanol–water partition coefficient (Wildman–Crippen LogP) is 3.05. The van der Waals surface area contributed by atoms with Gasteiger partial charge in [0.25, 0.3) is 0 Å². The third kappa shape index (κ3) is 6.07. The fourth-order valence-corrected chi connectivity index (χ4v) is 4.53. The number of ether oxygens (including phenoxy) is 1. The molecule has 0 bridgehead atoms. The molecule has 0 aromatic heterocycles. The zero-order chi connectivity index (χ0) is 23.2.